The molecule has 2 N–H and O–H groups in total. The number of nitrogens with one attached hydrogen (secondary N) is 2. The molecular weight excluding hydrogens is 616 g/mol. The van der Waals surface area contributed by atoms with E-state index in [0.29, 0.717) is 62.7 Å². The van der Waals surface area contributed by atoms with Gasteiger partial charge in [0.2, 0.25) is 0 Å². The van der Waals surface area contributed by atoms with Gasteiger partial charge in [-0.15, -0.1) is 0 Å². The maximum Gasteiger partial charge on any atom is 0.417 e. The van der Waals surface area contributed by atoms with E-state index in [1.54, 1.807) is 15.9 Å². The highest BCUT2D eigenvalue weighted by Crippen LogP contribution is 2.26. The number of aromatic nitrogens is 1. The molecule has 4 amide bonds. The van der Waals surface area contributed by atoms with Crippen LogP contribution in [0.3, 0.4) is 0 Å². The highest BCUT2D eigenvalue weighted by molar-refractivity contribution is 5.91. The van der Waals surface area contributed by atoms with Gasteiger partial charge in [-0.1, -0.05) is 24.3 Å². The summed E-state index contributed by atoms with van der Waals surface area (Å²) in [6.07, 6.45) is 2.58. The van der Waals surface area contributed by atoms with Crippen LogP contribution in [0.1, 0.15) is 42.4 Å². The Morgan fingerprint density at radius 3 is 2.44 bits per heavy atom. The molecule has 256 valence electrons. The van der Waals surface area contributed by atoms with E-state index in [9.17, 15) is 19.2 Å². The number of piperidine rings is 1. The van der Waals surface area contributed by atoms with Crippen molar-refractivity contribution in [2.75, 3.05) is 64.3 Å². The number of hydrogen-bond donors (Lipinski definition) is 2. The lowest BCUT2D eigenvalue weighted by Crippen LogP contribution is -2.56. The van der Waals surface area contributed by atoms with E-state index in [2.05, 4.69) is 15.2 Å². The number of hydrogen-bond acceptors (Lipinski definition) is 8. The van der Waals surface area contributed by atoms with Gasteiger partial charge in [-0.25, -0.2) is 14.4 Å². The van der Waals surface area contributed by atoms with Crippen molar-refractivity contribution in [3.8, 4) is 0 Å². The monoisotopic (exact) mass is 660 g/mol. The molecular formula is C35H44N6O7. The van der Waals surface area contributed by atoms with Gasteiger partial charge in [-0.3, -0.25) is 14.7 Å². The fourth-order valence-electron chi connectivity index (χ4n) is 7.66. The first-order valence-corrected chi connectivity index (χ1v) is 17.2. The van der Waals surface area contributed by atoms with Gasteiger partial charge >= 0.3 is 17.9 Å². The average Bonchev–Trinajstić information content (AvgIpc) is 3.40. The number of likely N-dealkylation sites (tertiary alicyclic amines) is 1. The molecule has 1 atom stereocenters. The summed E-state index contributed by atoms with van der Waals surface area (Å²) in [4.78, 5) is 63.1. The molecule has 0 bridgehead atoms. The largest absolute Gasteiger partial charge is 0.436 e. The standard InChI is InChI=1S/C35H44N6O7/c1-23-20-24(21-29-31(23)37-34(44)47-29)22-30(32(42)39-16-14-38(15-17-39)26-9-18-46-19-10-26)48-35(45)40-11-7-27(8-12-40)41-13-6-25-4-2-3-5-28(25)36-33(41)43/h2-5,20-21,26-27,30H,6-19,22H2,1H3,(H,36,43)(H,37,44)/t30-/m1/s1. The van der Waals surface area contributed by atoms with Crippen molar-refractivity contribution in [2.45, 2.75) is 63.6 Å². The zero-order valence-corrected chi connectivity index (χ0v) is 27.4. The Morgan fingerprint density at radius 2 is 1.67 bits per heavy atom. The minimum Gasteiger partial charge on any atom is -0.436 e. The fraction of sp³-hybridized carbons (Fsp3) is 0.543. The minimum absolute atomic E-state index is 0.00137. The molecule has 4 aliphatic heterocycles. The number of anilines is 1. The number of para-hydroxylation sites is 1. The molecule has 7 rings (SSSR count). The van der Waals surface area contributed by atoms with Crippen LogP contribution in [0.5, 0.6) is 0 Å². The SMILES string of the molecule is Cc1cc(C[C@@H](OC(=O)N2CCC(N3CCc4ccccc4NC3=O)CC2)C(=O)N2CCN(C3CCOCC3)CC2)cc2oc(=O)[nH]c12. The fourth-order valence-corrected chi connectivity index (χ4v) is 7.66. The number of rotatable bonds is 6. The molecule has 0 aliphatic carbocycles. The molecule has 0 radical (unpaired) electrons. The molecule has 0 saturated carbocycles. The van der Waals surface area contributed by atoms with Crippen molar-refractivity contribution in [3.05, 3.63) is 63.6 Å². The van der Waals surface area contributed by atoms with Crippen LogP contribution in [0.15, 0.2) is 45.6 Å². The van der Waals surface area contributed by atoms with E-state index < -0.39 is 18.0 Å². The molecule has 5 heterocycles. The smallest absolute Gasteiger partial charge is 0.417 e. The first-order chi connectivity index (χ1) is 23.3. The van der Waals surface area contributed by atoms with Crippen LogP contribution >= 0.6 is 0 Å². The second-order valence-corrected chi connectivity index (χ2v) is 13.3. The van der Waals surface area contributed by atoms with Gasteiger partial charge in [-0.2, -0.15) is 0 Å². The number of ether oxygens (including phenoxy) is 2. The Morgan fingerprint density at radius 1 is 0.917 bits per heavy atom. The molecule has 13 heteroatoms. The molecule has 3 aromatic rings. The molecule has 3 fully saturated rings. The van der Waals surface area contributed by atoms with E-state index >= 15 is 0 Å². The summed E-state index contributed by atoms with van der Waals surface area (Å²) < 4.78 is 16.9. The number of carbonyl (C=O) groups excluding carboxylic acids is 3. The number of aromatic amines is 1. The number of piperazine rings is 1. The van der Waals surface area contributed by atoms with Gasteiger partial charge in [-0.05, 0) is 67.9 Å². The van der Waals surface area contributed by atoms with Gasteiger partial charge in [0.15, 0.2) is 11.7 Å². The first kappa shape index (κ1) is 32.2. The summed E-state index contributed by atoms with van der Waals surface area (Å²) in [5.74, 6) is -0.767. The maximum atomic E-state index is 14.0. The highest BCUT2D eigenvalue weighted by Gasteiger charge is 2.36. The highest BCUT2D eigenvalue weighted by atomic mass is 16.6. The number of nitrogens with zero attached hydrogens (tertiary/aromatic N) is 4. The van der Waals surface area contributed by atoms with Gasteiger partial charge < -0.3 is 33.9 Å². The summed E-state index contributed by atoms with van der Waals surface area (Å²) in [7, 11) is 0. The zero-order chi connectivity index (χ0) is 33.2. The minimum atomic E-state index is -1.04. The van der Waals surface area contributed by atoms with E-state index in [0.717, 1.165) is 67.9 Å². The van der Waals surface area contributed by atoms with Gasteiger partial charge in [0.05, 0.1) is 5.52 Å². The molecule has 0 spiro atoms. The molecule has 0 unspecified atom stereocenters. The third kappa shape index (κ3) is 6.93. The maximum absolute atomic E-state index is 14.0. The van der Waals surface area contributed by atoms with Crippen LogP contribution in [0.4, 0.5) is 15.3 Å². The summed E-state index contributed by atoms with van der Waals surface area (Å²) >= 11 is 0. The van der Waals surface area contributed by atoms with E-state index in [1.165, 1.54) is 0 Å². The number of fused-ring (bicyclic) bond motifs is 2. The second-order valence-electron chi connectivity index (χ2n) is 13.3. The van der Waals surface area contributed by atoms with Crippen molar-refractivity contribution in [1.82, 2.24) is 24.6 Å². The topological polar surface area (TPSA) is 141 Å². The van der Waals surface area contributed by atoms with Crippen molar-refractivity contribution >= 4 is 34.8 Å². The molecule has 2 aromatic carbocycles. The van der Waals surface area contributed by atoms with Crippen molar-refractivity contribution < 1.29 is 28.3 Å². The van der Waals surface area contributed by atoms with Crippen LogP contribution in [-0.2, 0) is 27.1 Å². The number of amides is 4. The van der Waals surface area contributed by atoms with E-state index in [1.807, 2.05) is 42.2 Å². The van der Waals surface area contributed by atoms with Gasteiger partial charge in [0.1, 0.15) is 0 Å². The predicted molar refractivity (Wildman–Crippen MR) is 178 cm³/mol. The summed E-state index contributed by atoms with van der Waals surface area (Å²) in [5.41, 5.74) is 4.51. The normalized spacial score (nSPS) is 20.7. The lowest BCUT2D eigenvalue weighted by molar-refractivity contribution is -0.143. The summed E-state index contributed by atoms with van der Waals surface area (Å²) in [6.45, 7) is 7.50. The van der Waals surface area contributed by atoms with Gasteiger partial charge in [0.25, 0.3) is 5.91 Å². The van der Waals surface area contributed by atoms with Crippen LogP contribution in [0.2, 0.25) is 0 Å². The lowest BCUT2D eigenvalue weighted by atomic mass is 10.0. The van der Waals surface area contributed by atoms with Crippen LogP contribution < -0.4 is 11.1 Å². The number of benzene rings is 2. The second kappa shape index (κ2) is 14.0. The number of urea groups is 1. The molecule has 13 nitrogen and oxygen atoms in total. The Bertz CT molecular complexity index is 1700. The number of H-pyrrole nitrogens is 1. The number of oxazole rings is 1. The average molecular weight is 661 g/mol. The van der Waals surface area contributed by atoms with E-state index in [-0.39, 0.29) is 24.4 Å². The Balaban J connectivity index is 1.01. The Hall–Kier alpha value is -4.36. The first-order valence-electron chi connectivity index (χ1n) is 17.2. The van der Waals surface area contributed by atoms with Gasteiger partial charge in [0, 0.05) is 83.2 Å². The lowest BCUT2D eigenvalue weighted by Gasteiger charge is -2.41. The summed E-state index contributed by atoms with van der Waals surface area (Å²) in [5, 5.41) is 3.04. The quantitative estimate of drug-likeness (QED) is 0.410. The van der Waals surface area contributed by atoms with Crippen LogP contribution in [0.25, 0.3) is 11.1 Å². The molecule has 48 heavy (non-hydrogen) atoms. The van der Waals surface area contributed by atoms with Crippen molar-refractivity contribution in [3.63, 3.8) is 0 Å². The van der Waals surface area contributed by atoms with Crippen molar-refractivity contribution in [1.29, 1.82) is 0 Å². The Kier molecular flexibility index (Phi) is 9.40. The molecule has 3 saturated heterocycles. The number of carbonyl (C=O) groups is 3. The van der Waals surface area contributed by atoms with E-state index in [4.69, 9.17) is 13.9 Å². The summed E-state index contributed by atoms with van der Waals surface area (Å²) in [6, 6.07) is 11.8. The van der Waals surface area contributed by atoms with Crippen LogP contribution in [-0.4, -0.2) is 120 Å². The molecule has 4 aliphatic rings. The van der Waals surface area contributed by atoms with Crippen molar-refractivity contribution in [2.24, 2.45) is 0 Å². The predicted octanol–water partition coefficient (Wildman–Crippen LogP) is 3.36. The Labute approximate surface area is 279 Å². The van der Waals surface area contributed by atoms with Crippen LogP contribution in [0, 0.1) is 6.92 Å². The molecule has 1 aromatic heterocycles. The third-order valence-corrected chi connectivity index (χ3v) is 10.4. The number of aryl methyl sites for hydroxylation is 1. The zero-order valence-electron chi connectivity index (χ0n) is 27.4. The third-order valence-electron chi connectivity index (χ3n) is 10.4.